The number of carbonyl (C=O) groups excluding carboxylic acids is 1. The zero-order valence-corrected chi connectivity index (χ0v) is 6.91. The van der Waals surface area contributed by atoms with Gasteiger partial charge in [-0.05, 0) is 12.8 Å². The molecule has 2 rings (SSSR count). The van der Waals surface area contributed by atoms with Gasteiger partial charge in [0.05, 0.1) is 13.2 Å². The monoisotopic (exact) mass is 171 g/mol. The van der Waals surface area contributed by atoms with Crippen molar-refractivity contribution < 1.29 is 14.3 Å². The van der Waals surface area contributed by atoms with E-state index in [1.54, 1.807) is 0 Å². The minimum atomic E-state index is -0.650. The fraction of sp³-hybridized carbons (Fsp3) is 0.875. The third kappa shape index (κ3) is 1.44. The van der Waals surface area contributed by atoms with Gasteiger partial charge >= 0.3 is 5.97 Å². The van der Waals surface area contributed by atoms with Gasteiger partial charge in [0, 0.05) is 6.42 Å². The van der Waals surface area contributed by atoms with Crippen molar-refractivity contribution in [3.05, 3.63) is 0 Å². The van der Waals surface area contributed by atoms with Gasteiger partial charge in [0.1, 0.15) is 11.6 Å². The third-order valence-corrected chi connectivity index (χ3v) is 2.36. The second-order valence-electron chi connectivity index (χ2n) is 3.55. The van der Waals surface area contributed by atoms with Crippen LogP contribution < -0.4 is 5.73 Å². The fourth-order valence-electron chi connectivity index (χ4n) is 1.21. The molecule has 12 heavy (non-hydrogen) atoms. The van der Waals surface area contributed by atoms with Crippen LogP contribution in [0.25, 0.3) is 0 Å². The third-order valence-electron chi connectivity index (χ3n) is 2.36. The van der Waals surface area contributed by atoms with Crippen molar-refractivity contribution in [1.29, 1.82) is 0 Å². The first-order chi connectivity index (χ1) is 5.71. The molecule has 4 nitrogen and oxygen atoms in total. The minimum Gasteiger partial charge on any atom is -0.458 e. The Bertz CT molecular complexity index is 194. The van der Waals surface area contributed by atoms with Crippen LogP contribution in [0.1, 0.15) is 19.3 Å². The van der Waals surface area contributed by atoms with Crippen molar-refractivity contribution in [2.45, 2.75) is 30.9 Å². The first-order valence-corrected chi connectivity index (χ1v) is 4.28. The minimum absolute atomic E-state index is 0.0569. The maximum atomic E-state index is 11.3. The summed E-state index contributed by atoms with van der Waals surface area (Å²) in [6.07, 6.45) is 2.28. The number of carbonyl (C=O) groups is 1. The normalized spacial score (nSPS) is 31.6. The van der Waals surface area contributed by atoms with Crippen molar-refractivity contribution in [2.75, 3.05) is 13.2 Å². The number of rotatable bonds is 2. The highest BCUT2D eigenvalue weighted by atomic mass is 16.6. The molecule has 2 aliphatic rings. The highest BCUT2D eigenvalue weighted by molar-refractivity contribution is 5.83. The van der Waals surface area contributed by atoms with E-state index in [1.165, 1.54) is 0 Å². The predicted molar refractivity (Wildman–Crippen MR) is 41.5 cm³/mol. The summed E-state index contributed by atoms with van der Waals surface area (Å²) in [6, 6.07) is 0. The van der Waals surface area contributed by atoms with Crippen molar-refractivity contribution in [2.24, 2.45) is 5.73 Å². The lowest BCUT2D eigenvalue weighted by Crippen LogP contribution is -2.37. The van der Waals surface area contributed by atoms with Gasteiger partial charge in [0.25, 0.3) is 0 Å². The molecule has 0 bridgehead atoms. The molecule has 68 valence electrons. The van der Waals surface area contributed by atoms with E-state index in [0.717, 1.165) is 19.3 Å². The fourth-order valence-corrected chi connectivity index (χ4v) is 1.21. The average Bonchev–Trinajstić information content (AvgIpc) is 2.63. The summed E-state index contributed by atoms with van der Waals surface area (Å²) in [5.41, 5.74) is 5.00. The Balaban J connectivity index is 1.82. The van der Waals surface area contributed by atoms with Crippen LogP contribution in [0.3, 0.4) is 0 Å². The molecule has 1 heterocycles. The second-order valence-corrected chi connectivity index (χ2v) is 3.55. The Morgan fingerprint density at radius 3 is 2.83 bits per heavy atom. The van der Waals surface area contributed by atoms with Gasteiger partial charge in [-0.15, -0.1) is 0 Å². The van der Waals surface area contributed by atoms with Gasteiger partial charge in [-0.1, -0.05) is 0 Å². The molecule has 1 saturated heterocycles. The van der Waals surface area contributed by atoms with Crippen LogP contribution in [0.4, 0.5) is 0 Å². The molecule has 0 spiro atoms. The molecule has 2 N–H and O–H groups in total. The van der Waals surface area contributed by atoms with E-state index in [9.17, 15) is 4.79 Å². The second kappa shape index (κ2) is 2.71. The first-order valence-electron chi connectivity index (χ1n) is 4.28. The Labute approximate surface area is 71.0 Å². The maximum Gasteiger partial charge on any atom is 0.326 e. The Morgan fingerprint density at radius 1 is 1.58 bits per heavy atom. The van der Waals surface area contributed by atoms with E-state index in [2.05, 4.69) is 0 Å². The van der Waals surface area contributed by atoms with Crippen LogP contribution in [0.2, 0.25) is 0 Å². The lowest BCUT2D eigenvalue weighted by Gasteiger charge is -2.13. The largest absolute Gasteiger partial charge is 0.458 e. The summed E-state index contributed by atoms with van der Waals surface area (Å²) in [6.45, 7) is 1.22. The van der Waals surface area contributed by atoms with Crippen LogP contribution in [0.15, 0.2) is 0 Å². The number of ether oxygens (including phenoxy) is 2. The van der Waals surface area contributed by atoms with Gasteiger partial charge in [-0.2, -0.15) is 0 Å². The molecule has 1 atom stereocenters. The summed E-state index contributed by atoms with van der Waals surface area (Å²) in [5, 5.41) is 0. The van der Waals surface area contributed by atoms with Crippen LogP contribution >= 0.6 is 0 Å². The molecule has 4 heteroatoms. The lowest BCUT2D eigenvalue weighted by molar-refractivity contribution is -0.151. The van der Waals surface area contributed by atoms with Gasteiger partial charge in [0.15, 0.2) is 0 Å². The molecular formula is C8H13NO3. The van der Waals surface area contributed by atoms with Crippen molar-refractivity contribution in [3.63, 3.8) is 0 Å². The van der Waals surface area contributed by atoms with E-state index >= 15 is 0 Å². The molecule has 2 fully saturated rings. The van der Waals surface area contributed by atoms with Gasteiger partial charge < -0.3 is 15.2 Å². The summed E-state index contributed by atoms with van der Waals surface area (Å²) >= 11 is 0. The number of esters is 1. The van der Waals surface area contributed by atoms with Crippen molar-refractivity contribution in [1.82, 2.24) is 0 Å². The average molecular weight is 171 g/mol. The van der Waals surface area contributed by atoms with Crippen molar-refractivity contribution in [3.8, 4) is 0 Å². The summed E-state index contributed by atoms with van der Waals surface area (Å²) in [4.78, 5) is 11.3. The zero-order chi connectivity index (χ0) is 8.60. The quantitative estimate of drug-likeness (QED) is 0.585. The van der Waals surface area contributed by atoms with E-state index in [-0.39, 0.29) is 12.1 Å². The summed E-state index contributed by atoms with van der Waals surface area (Å²) < 4.78 is 10.2. The van der Waals surface area contributed by atoms with Crippen LogP contribution in [0.5, 0.6) is 0 Å². The molecule has 0 radical (unpaired) electrons. The molecule has 1 aliphatic carbocycles. The number of hydrogen-bond donors (Lipinski definition) is 1. The Kier molecular flexibility index (Phi) is 1.81. The van der Waals surface area contributed by atoms with E-state index in [1.807, 2.05) is 0 Å². The van der Waals surface area contributed by atoms with Crippen LogP contribution in [0, 0.1) is 0 Å². The van der Waals surface area contributed by atoms with Crippen LogP contribution in [-0.4, -0.2) is 30.8 Å². The predicted octanol–water partition coefficient (Wildman–Crippen LogP) is -0.190. The highest BCUT2D eigenvalue weighted by Gasteiger charge is 2.48. The zero-order valence-electron chi connectivity index (χ0n) is 6.91. The van der Waals surface area contributed by atoms with Crippen LogP contribution in [-0.2, 0) is 14.3 Å². The topological polar surface area (TPSA) is 61.6 Å². The highest BCUT2D eigenvalue weighted by Crippen LogP contribution is 2.34. The maximum absolute atomic E-state index is 11.3. The first kappa shape index (κ1) is 8.01. The van der Waals surface area contributed by atoms with Crippen molar-refractivity contribution >= 4 is 5.97 Å². The molecule has 0 aromatic rings. The van der Waals surface area contributed by atoms with E-state index in [0.29, 0.717) is 13.2 Å². The van der Waals surface area contributed by atoms with Gasteiger partial charge in [0.2, 0.25) is 0 Å². The van der Waals surface area contributed by atoms with Gasteiger partial charge in [-0.3, -0.25) is 4.79 Å². The van der Waals surface area contributed by atoms with E-state index < -0.39 is 5.54 Å². The van der Waals surface area contributed by atoms with Gasteiger partial charge in [-0.25, -0.2) is 0 Å². The molecular weight excluding hydrogens is 158 g/mol. The Hall–Kier alpha value is -0.610. The van der Waals surface area contributed by atoms with E-state index in [4.69, 9.17) is 15.2 Å². The summed E-state index contributed by atoms with van der Waals surface area (Å²) in [5.74, 6) is -0.252. The smallest absolute Gasteiger partial charge is 0.326 e. The molecule has 1 unspecified atom stereocenters. The molecule has 1 aliphatic heterocycles. The molecule has 0 aromatic heterocycles. The standard InChI is InChI=1S/C8H13NO3/c9-8(2-3-8)7(10)12-6-1-4-11-5-6/h6H,1-5,9H2. The summed E-state index contributed by atoms with van der Waals surface area (Å²) in [7, 11) is 0. The molecule has 0 aromatic carbocycles. The molecule has 1 saturated carbocycles. The molecule has 0 amide bonds. The number of hydrogen-bond acceptors (Lipinski definition) is 4. The lowest BCUT2D eigenvalue weighted by atomic mass is 10.3. The SMILES string of the molecule is NC1(C(=O)OC2CCOC2)CC1. The number of nitrogens with two attached hydrogens (primary N) is 1. The Morgan fingerprint density at radius 2 is 2.33 bits per heavy atom.